The van der Waals surface area contributed by atoms with Crippen LogP contribution in [0.15, 0.2) is 48.5 Å². The molecule has 1 heterocycles. The molecule has 2 aromatic rings. The number of aldehydes is 1. The maximum absolute atomic E-state index is 11.0. The lowest BCUT2D eigenvalue weighted by atomic mass is 10.2. The molecule has 5 heteroatoms. The number of carbonyl (C=O) groups is 1. The number of methoxy groups -OCH3 is 1. The number of carbonyl (C=O) groups excluding carboxylic acids is 1. The summed E-state index contributed by atoms with van der Waals surface area (Å²) in [5.41, 5.74) is 1.78. The number of anilines is 1. The van der Waals surface area contributed by atoms with Gasteiger partial charge in [0.15, 0.2) is 6.29 Å². The molecule has 0 radical (unpaired) electrons. The second kappa shape index (κ2) is 9.25. The number of piperazine rings is 1. The van der Waals surface area contributed by atoms with Crippen LogP contribution in [-0.4, -0.2) is 57.6 Å². The highest BCUT2D eigenvalue weighted by atomic mass is 16.5. The molecule has 1 saturated heterocycles. The summed E-state index contributed by atoms with van der Waals surface area (Å²) >= 11 is 0. The van der Waals surface area contributed by atoms with Crippen LogP contribution in [0.3, 0.4) is 0 Å². The standard InChI is InChI=1S/C21H26N2O3/c1-25-21-10-5-3-8-19(21)23-14-12-22(13-15-23)11-6-16-26-20-9-4-2-7-18(20)17-24/h2-5,7-10,17H,6,11-16H2,1H3. The number of rotatable bonds is 8. The van der Waals surface area contributed by atoms with Crippen LogP contribution in [0.2, 0.25) is 0 Å². The van der Waals surface area contributed by atoms with Gasteiger partial charge in [-0.05, 0) is 30.7 Å². The monoisotopic (exact) mass is 354 g/mol. The lowest BCUT2D eigenvalue weighted by Crippen LogP contribution is -2.46. The van der Waals surface area contributed by atoms with Gasteiger partial charge in [-0.25, -0.2) is 0 Å². The van der Waals surface area contributed by atoms with E-state index in [0.29, 0.717) is 17.9 Å². The molecule has 0 N–H and O–H groups in total. The van der Waals surface area contributed by atoms with Crippen molar-refractivity contribution in [3.63, 3.8) is 0 Å². The zero-order chi connectivity index (χ0) is 18.2. The van der Waals surface area contributed by atoms with E-state index in [0.717, 1.165) is 51.2 Å². The zero-order valence-electron chi connectivity index (χ0n) is 15.3. The van der Waals surface area contributed by atoms with Gasteiger partial charge in [0.25, 0.3) is 0 Å². The van der Waals surface area contributed by atoms with Crippen molar-refractivity contribution in [2.75, 3.05) is 51.3 Å². The molecule has 0 aromatic heterocycles. The van der Waals surface area contributed by atoms with Crippen molar-refractivity contribution in [3.8, 4) is 11.5 Å². The van der Waals surface area contributed by atoms with Crippen molar-refractivity contribution in [3.05, 3.63) is 54.1 Å². The van der Waals surface area contributed by atoms with Crippen molar-refractivity contribution in [1.82, 2.24) is 4.90 Å². The first-order chi connectivity index (χ1) is 12.8. The third kappa shape index (κ3) is 4.55. The summed E-state index contributed by atoms with van der Waals surface area (Å²) in [5, 5.41) is 0. The summed E-state index contributed by atoms with van der Waals surface area (Å²) in [6.45, 7) is 5.68. The van der Waals surface area contributed by atoms with Gasteiger partial charge in [-0.2, -0.15) is 0 Å². The van der Waals surface area contributed by atoms with Crippen LogP contribution in [0.25, 0.3) is 0 Å². The Morgan fingerprint density at radius 3 is 2.38 bits per heavy atom. The molecule has 3 rings (SSSR count). The summed E-state index contributed by atoms with van der Waals surface area (Å²) in [7, 11) is 1.72. The first-order valence-electron chi connectivity index (χ1n) is 9.09. The van der Waals surface area contributed by atoms with Crippen LogP contribution in [0.4, 0.5) is 5.69 Å². The first-order valence-corrected chi connectivity index (χ1v) is 9.09. The second-order valence-corrected chi connectivity index (χ2v) is 6.36. The van der Waals surface area contributed by atoms with Crippen LogP contribution < -0.4 is 14.4 Å². The van der Waals surface area contributed by atoms with Crippen molar-refractivity contribution < 1.29 is 14.3 Å². The molecule has 1 aliphatic heterocycles. The fraction of sp³-hybridized carbons (Fsp3) is 0.381. The van der Waals surface area contributed by atoms with Crippen molar-refractivity contribution >= 4 is 12.0 Å². The Kier molecular flexibility index (Phi) is 6.50. The van der Waals surface area contributed by atoms with E-state index in [-0.39, 0.29) is 0 Å². The predicted octanol–water partition coefficient (Wildman–Crippen LogP) is 3.10. The van der Waals surface area contributed by atoms with Gasteiger partial charge in [-0.15, -0.1) is 0 Å². The van der Waals surface area contributed by atoms with E-state index in [1.54, 1.807) is 13.2 Å². The molecular formula is C21H26N2O3. The minimum atomic E-state index is 0.609. The third-order valence-electron chi connectivity index (χ3n) is 4.72. The quantitative estimate of drug-likeness (QED) is 0.538. The maximum atomic E-state index is 11.0. The Labute approximate surface area is 155 Å². The van der Waals surface area contributed by atoms with Gasteiger partial charge in [0, 0.05) is 32.7 Å². The van der Waals surface area contributed by atoms with Gasteiger partial charge in [0.05, 0.1) is 25.0 Å². The molecule has 0 unspecified atom stereocenters. The average molecular weight is 354 g/mol. The number of hydrogen-bond acceptors (Lipinski definition) is 5. The minimum Gasteiger partial charge on any atom is -0.495 e. The highest BCUT2D eigenvalue weighted by Crippen LogP contribution is 2.28. The molecular weight excluding hydrogens is 328 g/mol. The normalized spacial score (nSPS) is 14.9. The molecule has 2 aromatic carbocycles. The van der Waals surface area contributed by atoms with E-state index in [9.17, 15) is 4.79 Å². The molecule has 26 heavy (non-hydrogen) atoms. The molecule has 0 bridgehead atoms. The minimum absolute atomic E-state index is 0.609. The van der Waals surface area contributed by atoms with E-state index >= 15 is 0 Å². The van der Waals surface area contributed by atoms with E-state index in [1.807, 2.05) is 30.3 Å². The van der Waals surface area contributed by atoms with Crippen molar-refractivity contribution in [2.45, 2.75) is 6.42 Å². The van der Waals surface area contributed by atoms with Crippen LogP contribution >= 0.6 is 0 Å². The van der Waals surface area contributed by atoms with Crippen LogP contribution in [-0.2, 0) is 0 Å². The SMILES string of the molecule is COc1ccccc1N1CCN(CCCOc2ccccc2C=O)CC1. The molecule has 1 fully saturated rings. The molecule has 0 aliphatic carbocycles. The predicted molar refractivity (Wildman–Crippen MR) is 104 cm³/mol. The van der Waals surface area contributed by atoms with Gasteiger partial charge < -0.3 is 14.4 Å². The number of hydrogen-bond donors (Lipinski definition) is 0. The summed E-state index contributed by atoms with van der Waals surface area (Å²) in [6, 6.07) is 15.5. The van der Waals surface area contributed by atoms with E-state index in [1.165, 1.54) is 5.69 Å². The number of nitrogens with zero attached hydrogens (tertiary/aromatic N) is 2. The maximum Gasteiger partial charge on any atom is 0.153 e. The van der Waals surface area contributed by atoms with Crippen molar-refractivity contribution in [2.24, 2.45) is 0 Å². The lowest BCUT2D eigenvalue weighted by molar-refractivity contribution is 0.111. The van der Waals surface area contributed by atoms with Gasteiger partial charge in [-0.3, -0.25) is 9.69 Å². The molecule has 0 saturated carbocycles. The summed E-state index contributed by atoms with van der Waals surface area (Å²) in [6.07, 6.45) is 1.79. The van der Waals surface area contributed by atoms with Gasteiger partial charge >= 0.3 is 0 Å². The van der Waals surface area contributed by atoms with Gasteiger partial charge in [-0.1, -0.05) is 24.3 Å². The highest BCUT2D eigenvalue weighted by Gasteiger charge is 2.19. The molecule has 0 atom stereocenters. The summed E-state index contributed by atoms with van der Waals surface area (Å²) in [4.78, 5) is 15.8. The van der Waals surface area contributed by atoms with Gasteiger partial charge in [0.2, 0.25) is 0 Å². The van der Waals surface area contributed by atoms with E-state index in [4.69, 9.17) is 9.47 Å². The van der Waals surface area contributed by atoms with Crippen molar-refractivity contribution in [1.29, 1.82) is 0 Å². The van der Waals surface area contributed by atoms with Crippen LogP contribution in [0.5, 0.6) is 11.5 Å². The summed E-state index contributed by atoms with van der Waals surface area (Å²) < 4.78 is 11.2. The highest BCUT2D eigenvalue weighted by molar-refractivity contribution is 5.79. The van der Waals surface area contributed by atoms with E-state index in [2.05, 4.69) is 21.9 Å². The van der Waals surface area contributed by atoms with Gasteiger partial charge in [0.1, 0.15) is 11.5 Å². The number of para-hydroxylation sites is 3. The Hall–Kier alpha value is -2.53. The zero-order valence-corrected chi connectivity index (χ0v) is 15.3. The smallest absolute Gasteiger partial charge is 0.153 e. The molecule has 0 amide bonds. The number of benzene rings is 2. The topological polar surface area (TPSA) is 42.0 Å². The average Bonchev–Trinajstić information content (AvgIpc) is 2.72. The fourth-order valence-corrected chi connectivity index (χ4v) is 3.28. The largest absolute Gasteiger partial charge is 0.495 e. The Balaban J connectivity index is 1.41. The molecule has 138 valence electrons. The second-order valence-electron chi connectivity index (χ2n) is 6.36. The Bertz CT molecular complexity index is 712. The van der Waals surface area contributed by atoms with Crippen LogP contribution in [0.1, 0.15) is 16.8 Å². The third-order valence-corrected chi connectivity index (χ3v) is 4.72. The number of ether oxygens (including phenoxy) is 2. The first kappa shape index (κ1) is 18.3. The molecule has 0 spiro atoms. The molecule has 1 aliphatic rings. The Morgan fingerprint density at radius 1 is 0.962 bits per heavy atom. The summed E-state index contributed by atoms with van der Waals surface area (Å²) in [5.74, 6) is 1.60. The van der Waals surface area contributed by atoms with E-state index < -0.39 is 0 Å². The molecule has 5 nitrogen and oxygen atoms in total. The Morgan fingerprint density at radius 2 is 1.65 bits per heavy atom. The fourth-order valence-electron chi connectivity index (χ4n) is 3.28. The van der Waals surface area contributed by atoms with Crippen LogP contribution in [0, 0.1) is 0 Å². The lowest BCUT2D eigenvalue weighted by Gasteiger charge is -2.36.